The fourth-order valence-electron chi connectivity index (χ4n) is 1.72. The van der Waals surface area contributed by atoms with Crippen molar-refractivity contribution in [2.75, 3.05) is 5.32 Å². The van der Waals surface area contributed by atoms with E-state index in [0.717, 1.165) is 11.1 Å². The minimum atomic E-state index is -0.570. The van der Waals surface area contributed by atoms with Crippen molar-refractivity contribution in [1.82, 2.24) is 0 Å². The van der Waals surface area contributed by atoms with Crippen molar-refractivity contribution in [3.8, 4) is 6.07 Å². The van der Waals surface area contributed by atoms with E-state index in [9.17, 15) is 9.65 Å². The average molecular weight is 275 g/mol. The summed E-state index contributed by atoms with van der Waals surface area (Å²) in [7, 11) is 0. The van der Waals surface area contributed by atoms with Gasteiger partial charge in [0.1, 0.15) is 11.9 Å². The first-order chi connectivity index (χ1) is 9.10. The van der Waals surface area contributed by atoms with Crippen LogP contribution in [0.3, 0.4) is 0 Å². The van der Waals surface area contributed by atoms with Crippen molar-refractivity contribution < 1.29 is 4.39 Å². The number of benzene rings is 2. The molecule has 19 heavy (non-hydrogen) atoms. The Balaban J connectivity index is 2.25. The molecule has 2 nitrogen and oxygen atoms in total. The Bertz CT molecular complexity index is 634. The Morgan fingerprint density at radius 3 is 2.68 bits per heavy atom. The molecule has 2 aromatic carbocycles. The van der Waals surface area contributed by atoms with E-state index in [0.29, 0.717) is 10.7 Å². The van der Waals surface area contributed by atoms with Crippen molar-refractivity contribution in [2.24, 2.45) is 0 Å². The molecule has 0 aromatic heterocycles. The molecule has 0 spiro atoms. The average Bonchev–Trinajstić information content (AvgIpc) is 2.39. The van der Waals surface area contributed by atoms with Gasteiger partial charge in [0.2, 0.25) is 0 Å². The third-order valence-corrected chi connectivity index (χ3v) is 3.20. The summed E-state index contributed by atoms with van der Waals surface area (Å²) in [5.74, 6) is -0.344. The van der Waals surface area contributed by atoms with Gasteiger partial charge in [0.15, 0.2) is 0 Å². The molecule has 0 amide bonds. The molecule has 0 radical (unpaired) electrons. The number of halogens is 2. The summed E-state index contributed by atoms with van der Waals surface area (Å²) in [5, 5.41) is 12.8. The van der Waals surface area contributed by atoms with Crippen LogP contribution in [-0.2, 0) is 0 Å². The largest absolute Gasteiger partial charge is 0.366 e. The minimum Gasteiger partial charge on any atom is -0.366 e. The van der Waals surface area contributed by atoms with Gasteiger partial charge in [-0.3, -0.25) is 0 Å². The Labute approximate surface area is 116 Å². The van der Waals surface area contributed by atoms with Gasteiger partial charge < -0.3 is 5.32 Å². The molecular weight excluding hydrogens is 263 g/mol. The zero-order valence-corrected chi connectivity index (χ0v) is 11.1. The highest BCUT2D eigenvalue weighted by molar-refractivity contribution is 6.31. The van der Waals surface area contributed by atoms with Crippen LogP contribution < -0.4 is 5.32 Å². The minimum absolute atomic E-state index is 0.344. The zero-order valence-electron chi connectivity index (χ0n) is 10.3. The summed E-state index contributed by atoms with van der Waals surface area (Å²) in [6.45, 7) is 1.90. The molecule has 0 aliphatic carbocycles. The highest BCUT2D eigenvalue weighted by Crippen LogP contribution is 2.24. The molecule has 0 fully saturated rings. The highest BCUT2D eigenvalue weighted by Gasteiger charge is 2.11. The molecule has 1 unspecified atom stereocenters. The van der Waals surface area contributed by atoms with Gasteiger partial charge in [0, 0.05) is 10.7 Å². The van der Waals surface area contributed by atoms with E-state index in [4.69, 9.17) is 11.6 Å². The fourth-order valence-corrected chi connectivity index (χ4v) is 1.91. The maximum atomic E-state index is 13.1. The fraction of sp³-hybridized carbons (Fsp3) is 0.133. The van der Waals surface area contributed by atoms with Crippen LogP contribution in [0, 0.1) is 24.1 Å². The van der Waals surface area contributed by atoms with E-state index in [1.54, 1.807) is 18.2 Å². The molecular formula is C15H12ClFN2. The second-order valence-electron chi connectivity index (χ2n) is 4.23. The molecule has 2 rings (SSSR count). The van der Waals surface area contributed by atoms with Gasteiger partial charge >= 0.3 is 0 Å². The van der Waals surface area contributed by atoms with Crippen LogP contribution in [0.25, 0.3) is 0 Å². The number of aryl methyl sites for hydroxylation is 1. The van der Waals surface area contributed by atoms with E-state index in [1.165, 1.54) is 12.1 Å². The van der Waals surface area contributed by atoms with Crippen LogP contribution in [0.5, 0.6) is 0 Å². The molecule has 0 aliphatic heterocycles. The standard InChI is InChI=1S/C15H12ClFN2/c1-10-5-6-11(7-14(10)16)15(9-18)19-13-4-2-3-12(17)8-13/h2-8,15,19H,1H3. The van der Waals surface area contributed by atoms with Gasteiger partial charge in [-0.05, 0) is 42.3 Å². The van der Waals surface area contributed by atoms with Crippen molar-refractivity contribution in [1.29, 1.82) is 5.26 Å². The molecule has 96 valence electrons. The summed E-state index contributed by atoms with van der Waals surface area (Å²) in [5.41, 5.74) is 2.26. The molecule has 2 aromatic rings. The summed E-state index contributed by atoms with van der Waals surface area (Å²) < 4.78 is 13.1. The lowest BCUT2D eigenvalue weighted by molar-refractivity contribution is 0.628. The van der Waals surface area contributed by atoms with Crippen LogP contribution in [0.15, 0.2) is 42.5 Å². The van der Waals surface area contributed by atoms with Crippen molar-refractivity contribution in [3.05, 3.63) is 64.4 Å². The number of nitriles is 1. The molecule has 0 aliphatic rings. The Kier molecular flexibility index (Phi) is 4.03. The lowest BCUT2D eigenvalue weighted by Crippen LogP contribution is -2.08. The number of anilines is 1. The lowest BCUT2D eigenvalue weighted by atomic mass is 10.1. The SMILES string of the molecule is Cc1ccc(C(C#N)Nc2cccc(F)c2)cc1Cl. The lowest BCUT2D eigenvalue weighted by Gasteiger charge is -2.14. The predicted octanol–water partition coefficient (Wildman–Crippen LogP) is 4.46. The number of nitrogens with zero attached hydrogens (tertiary/aromatic N) is 1. The first-order valence-corrected chi connectivity index (χ1v) is 6.15. The maximum absolute atomic E-state index is 13.1. The first kappa shape index (κ1) is 13.4. The Morgan fingerprint density at radius 2 is 2.05 bits per heavy atom. The molecule has 1 atom stereocenters. The third-order valence-electron chi connectivity index (χ3n) is 2.79. The quantitative estimate of drug-likeness (QED) is 0.897. The molecule has 1 N–H and O–H groups in total. The predicted molar refractivity (Wildman–Crippen MR) is 74.6 cm³/mol. The van der Waals surface area contributed by atoms with E-state index in [1.807, 2.05) is 19.1 Å². The molecule has 0 heterocycles. The second kappa shape index (κ2) is 5.73. The van der Waals surface area contributed by atoms with Crippen LogP contribution in [0.4, 0.5) is 10.1 Å². The smallest absolute Gasteiger partial charge is 0.140 e. The normalized spacial score (nSPS) is 11.7. The molecule has 0 saturated carbocycles. The molecule has 0 saturated heterocycles. The van der Waals surface area contributed by atoms with Crippen LogP contribution >= 0.6 is 11.6 Å². The maximum Gasteiger partial charge on any atom is 0.140 e. The Morgan fingerprint density at radius 1 is 1.26 bits per heavy atom. The monoisotopic (exact) mass is 274 g/mol. The van der Waals surface area contributed by atoms with Crippen LogP contribution in [-0.4, -0.2) is 0 Å². The number of nitrogens with one attached hydrogen (secondary N) is 1. The van der Waals surface area contributed by atoms with Crippen LogP contribution in [0.1, 0.15) is 17.2 Å². The van der Waals surface area contributed by atoms with E-state index < -0.39 is 6.04 Å². The van der Waals surface area contributed by atoms with Crippen molar-refractivity contribution in [3.63, 3.8) is 0 Å². The number of hydrogen-bond donors (Lipinski definition) is 1. The number of rotatable bonds is 3. The van der Waals surface area contributed by atoms with E-state index in [2.05, 4.69) is 11.4 Å². The van der Waals surface area contributed by atoms with E-state index in [-0.39, 0.29) is 5.82 Å². The van der Waals surface area contributed by atoms with Gasteiger partial charge in [-0.1, -0.05) is 29.8 Å². The highest BCUT2D eigenvalue weighted by atomic mass is 35.5. The van der Waals surface area contributed by atoms with Crippen molar-refractivity contribution in [2.45, 2.75) is 13.0 Å². The summed E-state index contributed by atoms with van der Waals surface area (Å²) in [6, 6.07) is 13.0. The zero-order chi connectivity index (χ0) is 13.8. The van der Waals surface area contributed by atoms with Gasteiger partial charge in [-0.15, -0.1) is 0 Å². The van der Waals surface area contributed by atoms with E-state index >= 15 is 0 Å². The van der Waals surface area contributed by atoms with Crippen LogP contribution in [0.2, 0.25) is 5.02 Å². The summed E-state index contributed by atoms with van der Waals surface area (Å²) in [4.78, 5) is 0. The second-order valence-corrected chi connectivity index (χ2v) is 4.63. The molecule has 0 bridgehead atoms. The third kappa shape index (κ3) is 3.24. The van der Waals surface area contributed by atoms with Gasteiger partial charge in [-0.25, -0.2) is 4.39 Å². The van der Waals surface area contributed by atoms with Crippen molar-refractivity contribution >= 4 is 17.3 Å². The van der Waals surface area contributed by atoms with Gasteiger partial charge in [-0.2, -0.15) is 5.26 Å². The van der Waals surface area contributed by atoms with Gasteiger partial charge in [0.25, 0.3) is 0 Å². The van der Waals surface area contributed by atoms with Gasteiger partial charge in [0.05, 0.1) is 6.07 Å². The number of hydrogen-bond acceptors (Lipinski definition) is 2. The molecule has 4 heteroatoms. The summed E-state index contributed by atoms with van der Waals surface area (Å²) in [6.07, 6.45) is 0. The first-order valence-electron chi connectivity index (χ1n) is 5.78. The Hall–Kier alpha value is -2.05. The topological polar surface area (TPSA) is 35.8 Å². The summed E-state index contributed by atoms with van der Waals surface area (Å²) >= 11 is 6.05.